The summed E-state index contributed by atoms with van der Waals surface area (Å²) in [7, 11) is -7.38. The number of hydrogen-bond acceptors (Lipinski definition) is 6. The quantitative estimate of drug-likeness (QED) is 0.436. The Labute approximate surface area is 217 Å². The Morgan fingerprint density at radius 1 is 0.865 bits per heavy atom. The molecule has 0 radical (unpaired) electrons. The normalized spacial score (nSPS) is 15.2. The van der Waals surface area contributed by atoms with Crippen LogP contribution in [0.15, 0.2) is 83.8 Å². The zero-order chi connectivity index (χ0) is 26.6. The molecule has 0 bridgehead atoms. The van der Waals surface area contributed by atoms with Crippen LogP contribution in [0.1, 0.15) is 19.8 Å². The molecule has 0 spiro atoms. The number of sulfonamides is 2. The molecule has 1 aliphatic heterocycles. The monoisotopic (exact) mass is 543 g/mol. The molecule has 0 aliphatic carbocycles. The molecule has 1 saturated heterocycles. The van der Waals surface area contributed by atoms with E-state index in [0.29, 0.717) is 36.0 Å². The van der Waals surface area contributed by atoms with Gasteiger partial charge in [0.2, 0.25) is 26.0 Å². The number of hydrogen-bond donors (Lipinski definition) is 1. The molecule has 3 aromatic rings. The highest BCUT2D eigenvalue weighted by atomic mass is 32.2. The second-order valence-corrected chi connectivity index (χ2v) is 12.6. The highest BCUT2D eigenvalue weighted by Crippen LogP contribution is 2.28. The summed E-state index contributed by atoms with van der Waals surface area (Å²) in [4.78, 5) is 13.2. The molecule has 3 aromatic carbocycles. The summed E-state index contributed by atoms with van der Waals surface area (Å²) in [5.74, 6) is 0.594. The van der Waals surface area contributed by atoms with Gasteiger partial charge in [-0.05, 0) is 80.4 Å². The largest absolute Gasteiger partial charge is 0.457 e. The number of ether oxygens (including phenoxy) is 1. The van der Waals surface area contributed by atoms with Gasteiger partial charge in [-0.25, -0.2) is 16.8 Å². The first-order valence-electron chi connectivity index (χ1n) is 11.8. The Balaban J connectivity index is 1.47. The standard InChI is InChI=1S/C26H29N3O6S2/c1-20(26(30)27-21-10-16-25(17-11-21)37(33,34)28-18-6-7-19-28)29(36(2,31)32)22-12-14-24(15-13-22)35-23-8-4-3-5-9-23/h3-5,8-17,20H,6-7,18-19H2,1-2H3,(H,27,30)/t20-/m0/s1. The molecule has 1 heterocycles. The third-order valence-electron chi connectivity index (χ3n) is 5.98. The van der Waals surface area contributed by atoms with E-state index in [0.717, 1.165) is 23.4 Å². The fourth-order valence-electron chi connectivity index (χ4n) is 4.13. The van der Waals surface area contributed by atoms with Gasteiger partial charge in [-0.3, -0.25) is 9.10 Å². The molecular formula is C26H29N3O6S2. The zero-order valence-electron chi connectivity index (χ0n) is 20.6. The van der Waals surface area contributed by atoms with Crippen LogP contribution in [0.3, 0.4) is 0 Å². The number of nitrogens with zero attached hydrogens (tertiary/aromatic N) is 2. The third kappa shape index (κ3) is 6.30. The fraction of sp³-hybridized carbons (Fsp3) is 0.269. The maximum Gasteiger partial charge on any atom is 0.247 e. The van der Waals surface area contributed by atoms with Gasteiger partial charge in [0.05, 0.1) is 16.8 Å². The fourth-order valence-corrected chi connectivity index (χ4v) is 6.82. The molecule has 0 aromatic heterocycles. The van der Waals surface area contributed by atoms with Crippen LogP contribution in [0.2, 0.25) is 0 Å². The lowest BCUT2D eigenvalue weighted by Gasteiger charge is -2.28. The van der Waals surface area contributed by atoms with E-state index in [9.17, 15) is 21.6 Å². The third-order valence-corrected chi connectivity index (χ3v) is 9.14. The van der Waals surface area contributed by atoms with Crippen molar-refractivity contribution in [2.75, 3.05) is 29.0 Å². The van der Waals surface area contributed by atoms with Gasteiger partial charge in [0.15, 0.2) is 0 Å². The van der Waals surface area contributed by atoms with Gasteiger partial charge in [-0.2, -0.15) is 4.31 Å². The number of carbonyl (C=O) groups excluding carboxylic acids is 1. The first-order chi connectivity index (χ1) is 17.6. The summed E-state index contributed by atoms with van der Waals surface area (Å²) < 4.78 is 58.9. The van der Waals surface area contributed by atoms with Crippen LogP contribution in [0.5, 0.6) is 11.5 Å². The molecule has 9 nitrogen and oxygen atoms in total. The van der Waals surface area contributed by atoms with Crippen molar-refractivity contribution in [3.63, 3.8) is 0 Å². The van der Waals surface area contributed by atoms with Gasteiger partial charge < -0.3 is 10.1 Å². The second kappa shape index (κ2) is 10.9. The van der Waals surface area contributed by atoms with Crippen molar-refractivity contribution < 1.29 is 26.4 Å². The van der Waals surface area contributed by atoms with E-state index in [1.54, 1.807) is 36.4 Å². The maximum absolute atomic E-state index is 13.0. The van der Waals surface area contributed by atoms with Crippen LogP contribution in [0.25, 0.3) is 0 Å². The van der Waals surface area contributed by atoms with E-state index in [1.165, 1.54) is 35.5 Å². The van der Waals surface area contributed by atoms with Gasteiger partial charge in [-0.1, -0.05) is 18.2 Å². The molecule has 0 saturated carbocycles. The molecule has 196 valence electrons. The summed E-state index contributed by atoms with van der Waals surface area (Å²) in [6.45, 7) is 2.48. The highest BCUT2D eigenvalue weighted by Gasteiger charge is 2.30. The van der Waals surface area contributed by atoms with Gasteiger partial charge in [-0.15, -0.1) is 0 Å². The number of para-hydroxylation sites is 1. The SMILES string of the molecule is C[C@@H](C(=O)Nc1ccc(S(=O)(=O)N2CCCC2)cc1)N(c1ccc(Oc2ccccc2)cc1)S(C)(=O)=O. The Morgan fingerprint density at radius 2 is 1.43 bits per heavy atom. The van der Waals surface area contributed by atoms with Crippen LogP contribution in [-0.4, -0.2) is 52.4 Å². The van der Waals surface area contributed by atoms with E-state index < -0.39 is 32.0 Å². The number of rotatable bonds is 9. The van der Waals surface area contributed by atoms with E-state index in [2.05, 4.69) is 5.32 Å². The predicted octanol–water partition coefficient (Wildman–Crippen LogP) is 4.06. The van der Waals surface area contributed by atoms with Gasteiger partial charge in [0.25, 0.3) is 0 Å². The van der Waals surface area contributed by atoms with Crippen molar-refractivity contribution in [1.82, 2.24) is 4.31 Å². The van der Waals surface area contributed by atoms with Crippen molar-refractivity contribution in [2.45, 2.75) is 30.7 Å². The Morgan fingerprint density at radius 3 is 2.00 bits per heavy atom. The van der Waals surface area contributed by atoms with Gasteiger partial charge >= 0.3 is 0 Å². The lowest BCUT2D eigenvalue weighted by molar-refractivity contribution is -0.116. The summed E-state index contributed by atoms with van der Waals surface area (Å²) in [6.07, 6.45) is 2.71. The smallest absolute Gasteiger partial charge is 0.247 e. The minimum absolute atomic E-state index is 0.149. The Hall–Kier alpha value is -3.41. The highest BCUT2D eigenvalue weighted by molar-refractivity contribution is 7.92. The molecule has 1 amide bonds. The summed E-state index contributed by atoms with van der Waals surface area (Å²) in [5, 5.41) is 2.68. The van der Waals surface area contributed by atoms with Crippen molar-refractivity contribution in [2.24, 2.45) is 0 Å². The minimum atomic E-state index is -3.81. The van der Waals surface area contributed by atoms with Crippen LogP contribution in [0.4, 0.5) is 11.4 Å². The molecule has 1 aliphatic rings. The molecule has 0 unspecified atom stereocenters. The van der Waals surface area contributed by atoms with Crippen LogP contribution in [0, 0.1) is 0 Å². The Kier molecular flexibility index (Phi) is 7.86. The number of anilines is 2. The van der Waals surface area contributed by atoms with Crippen molar-refractivity contribution >= 4 is 37.3 Å². The molecule has 37 heavy (non-hydrogen) atoms. The lowest BCUT2D eigenvalue weighted by Crippen LogP contribution is -2.45. The number of amides is 1. The predicted molar refractivity (Wildman–Crippen MR) is 143 cm³/mol. The minimum Gasteiger partial charge on any atom is -0.457 e. The van der Waals surface area contributed by atoms with E-state index in [-0.39, 0.29) is 4.90 Å². The molecular weight excluding hydrogens is 514 g/mol. The molecule has 11 heteroatoms. The van der Waals surface area contributed by atoms with Gasteiger partial charge in [0, 0.05) is 18.8 Å². The first-order valence-corrected chi connectivity index (χ1v) is 15.1. The summed E-state index contributed by atoms with van der Waals surface area (Å²) in [5.41, 5.74) is 0.662. The first kappa shape index (κ1) is 26.6. The molecule has 1 fully saturated rings. The average Bonchev–Trinajstić information content (AvgIpc) is 3.41. The summed E-state index contributed by atoms with van der Waals surface area (Å²) >= 11 is 0. The Bertz CT molecular complexity index is 1440. The van der Waals surface area contributed by atoms with E-state index in [4.69, 9.17) is 4.74 Å². The van der Waals surface area contributed by atoms with Crippen LogP contribution >= 0.6 is 0 Å². The lowest BCUT2D eigenvalue weighted by atomic mass is 10.2. The summed E-state index contributed by atoms with van der Waals surface area (Å²) in [6, 6.07) is 20.3. The van der Waals surface area contributed by atoms with E-state index in [1.807, 2.05) is 18.2 Å². The van der Waals surface area contributed by atoms with Crippen LogP contribution < -0.4 is 14.4 Å². The molecule has 4 rings (SSSR count). The number of carbonyl (C=O) groups is 1. The van der Waals surface area contributed by atoms with Crippen molar-refractivity contribution in [3.05, 3.63) is 78.9 Å². The molecule has 1 atom stereocenters. The topological polar surface area (TPSA) is 113 Å². The van der Waals surface area contributed by atoms with Crippen molar-refractivity contribution in [1.29, 1.82) is 0 Å². The average molecular weight is 544 g/mol. The second-order valence-electron chi connectivity index (χ2n) is 8.77. The van der Waals surface area contributed by atoms with Gasteiger partial charge in [0.1, 0.15) is 17.5 Å². The van der Waals surface area contributed by atoms with E-state index >= 15 is 0 Å². The molecule has 1 N–H and O–H groups in total. The van der Waals surface area contributed by atoms with Crippen molar-refractivity contribution in [3.8, 4) is 11.5 Å². The zero-order valence-corrected chi connectivity index (χ0v) is 22.2. The number of benzene rings is 3. The maximum atomic E-state index is 13.0. The number of nitrogens with one attached hydrogen (secondary N) is 1. The van der Waals surface area contributed by atoms with Crippen LogP contribution in [-0.2, 0) is 24.8 Å².